The van der Waals surface area contributed by atoms with Gasteiger partial charge in [0.25, 0.3) is 0 Å². The minimum atomic E-state index is -1.34. The Morgan fingerprint density at radius 3 is 1.33 bits per heavy atom. The Hall–Kier alpha value is 1.16. The van der Waals surface area contributed by atoms with Crippen molar-refractivity contribution in [3.63, 3.8) is 0 Å². The number of benzene rings is 1. The third kappa shape index (κ3) is 15.2. The van der Waals surface area contributed by atoms with Crippen LogP contribution in [0.4, 0.5) is 0 Å². The topological polar surface area (TPSA) is 135 Å². The molecule has 78 valence electrons. The molecule has 8 N–H and O–H groups in total. The van der Waals surface area contributed by atoms with E-state index in [-0.39, 0.29) is 81.6 Å². The van der Waals surface area contributed by atoms with Crippen molar-refractivity contribution in [3.8, 4) is 0 Å². The largest absolute Gasteiger partial charge is 3.00 e. The van der Waals surface area contributed by atoms with Gasteiger partial charge in [0.05, 0.1) is 0 Å². The summed E-state index contributed by atoms with van der Waals surface area (Å²) in [6.45, 7) is 0. The van der Waals surface area contributed by atoms with Crippen LogP contribution in [-0.4, -0.2) is 26.6 Å². The maximum absolute atomic E-state index is 8.58. The molecule has 0 aliphatic heterocycles. The average molecular weight is 322 g/mol. The molecule has 2 radical (unpaired) electrons. The van der Waals surface area contributed by atoms with Crippen molar-refractivity contribution in [2.45, 2.75) is 6.29 Å². The van der Waals surface area contributed by atoms with Crippen LogP contribution in [-0.2, 0) is 65.2 Å². The molecule has 0 bridgehead atoms. The molecule has 5 nitrogen and oxygen atoms in total. The second kappa shape index (κ2) is 20.6. The van der Waals surface area contributed by atoms with Crippen molar-refractivity contribution in [2.75, 3.05) is 0 Å². The summed E-state index contributed by atoms with van der Waals surface area (Å²) in [4.78, 5) is 0. The van der Waals surface area contributed by atoms with E-state index >= 15 is 0 Å². The van der Waals surface area contributed by atoms with Crippen LogP contribution >= 0.6 is 0 Å². The van der Waals surface area contributed by atoms with Gasteiger partial charge in [0.2, 0.25) is 0 Å². The zero-order chi connectivity index (χ0) is 6.69. The first-order valence-corrected chi connectivity index (χ1v) is 2.72. The van der Waals surface area contributed by atoms with Crippen molar-refractivity contribution >= 4 is 0 Å². The van der Waals surface area contributed by atoms with Gasteiger partial charge in [-0.05, 0) is 0 Å². The first-order chi connectivity index (χ1) is 4.30. The molecule has 0 spiro atoms. The summed E-state index contributed by atoms with van der Waals surface area (Å²) in [6.07, 6.45) is -1.34. The smallest absolute Gasteiger partial charge is 0.412 e. The van der Waals surface area contributed by atoms with Gasteiger partial charge in [-0.1, -0.05) is 30.3 Å². The second-order valence-corrected chi connectivity index (χ2v) is 1.78. The van der Waals surface area contributed by atoms with Crippen LogP contribution in [0, 0.1) is 0 Å². The summed E-state index contributed by atoms with van der Waals surface area (Å²) in [5.41, 5.74) is 0.525. The van der Waals surface area contributed by atoms with E-state index in [1.54, 1.807) is 24.3 Å². The average Bonchev–Trinajstić information content (AvgIpc) is 1.90. The first-order valence-electron chi connectivity index (χ1n) is 2.72. The molecule has 1 rings (SSSR count). The molecule has 0 aliphatic carbocycles. The van der Waals surface area contributed by atoms with Crippen molar-refractivity contribution < 1.29 is 91.8 Å². The van der Waals surface area contributed by atoms with Crippen LogP contribution < -0.4 is 0 Å². The summed E-state index contributed by atoms with van der Waals surface area (Å²) >= 11 is 0. The number of rotatable bonds is 1. The number of aliphatic hydroxyl groups is 2. The SMILES string of the molecule is O.O.O.OC(O)c1ccccc1.[Ti+3].[Ti+3].[Ti]. The minimum Gasteiger partial charge on any atom is -0.412 e. The van der Waals surface area contributed by atoms with Crippen molar-refractivity contribution in [1.29, 1.82) is 0 Å². The van der Waals surface area contributed by atoms with Crippen LogP contribution in [0.15, 0.2) is 30.3 Å². The van der Waals surface area contributed by atoms with E-state index in [1.165, 1.54) is 0 Å². The van der Waals surface area contributed by atoms with E-state index in [4.69, 9.17) is 10.2 Å². The monoisotopic (exact) mass is 322 g/mol. The van der Waals surface area contributed by atoms with E-state index in [2.05, 4.69) is 0 Å². The summed E-state index contributed by atoms with van der Waals surface area (Å²) in [5.74, 6) is 0. The molecule has 1 aromatic rings. The van der Waals surface area contributed by atoms with E-state index in [0.29, 0.717) is 5.56 Å². The molecule has 0 amide bonds. The van der Waals surface area contributed by atoms with E-state index in [0.717, 1.165) is 0 Å². The Morgan fingerprint density at radius 2 is 1.13 bits per heavy atom. The fraction of sp³-hybridized carbons (Fsp3) is 0.143. The van der Waals surface area contributed by atoms with Gasteiger partial charge >= 0.3 is 43.4 Å². The normalized spacial score (nSPS) is 6.07. The van der Waals surface area contributed by atoms with Gasteiger partial charge in [-0.2, -0.15) is 0 Å². The third-order valence-corrected chi connectivity index (χ3v) is 1.10. The number of aliphatic hydroxyl groups excluding tert-OH is 1. The zero-order valence-corrected chi connectivity index (χ0v) is 12.5. The van der Waals surface area contributed by atoms with Crippen LogP contribution in [0.1, 0.15) is 11.9 Å². The van der Waals surface area contributed by atoms with Gasteiger partial charge in [0.15, 0.2) is 6.29 Å². The Labute approximate surface area is 133 Å². The molecule has 0 aromatic heterocycles. The number of hydrogen-bond donors (Lipinski definition) is 2. The van der Waals surface area contributed by atoms with Crippen molar-refractivity contribution in [2.24, 2.45) is 0 Å². The summed E-state index contributed by atoms with van der Waals surface area (Å²) < 4.78 is 0. The summed E-state index contributed by atoms with van der Waals surface area (Å²) in [7, 11) is 0. The molecule has 0 saturated carbocycles. The van der Waals surface area contributed by atoms with Crippen molar-refractivity contribution in [1.82, 2.24) is 0 Å². The zero-order valence-electron chi connectivity index (χ0n) is 7.86. The molecule has 0 unspecified atom stereocenters. The Kier molecular flexibility index (Phi) is 49.3. The van der Waals surface area contributed by atoms with Gasteiger partial charge in [-0.25, -0.2) is 0 Å². The maximum Gasteiger partial charge on any atom is 3.00 e. The standard InChI is InChI=1S/C7H8O2.3H2O.3Ti/c8-7(9)6-4-2-1-3-5-6;;;;;;/h1-5,7-9H;3*1H2;;;/q;;;;;2*+3. The molecular formula is C7H14O5Ti3+6. The van der Waals surface area contributed by atoms with E-state index in [9.17, 15) is 0 Å². The van der Waals surface area contributed by atoms with E-state index < -0.39 is 6.29 Å². The van der Waals surface area contributed by atoms with Gasteiger partial charge in [0.1, 0.15) is 0 Å². The fourth-order valence-electron chi connectivity index (χ4n) is 0.625. The third-order valence-electron chi connectivity index (χ3n) is 1.10. The Morgan fingerprint density at radius 1 is 0.800 bits per heavy atom. The summed E-state index contributed by atoms with van der Waals surface area (Å²) in [6, 6.07) is 8.66. The first kappa shape index (κ1) is 36.0. The quantitative estimate of drug-likeness (QED) is 0.465. The van der Waals surface area contributed by atoms with E-state index in [1.807, 2.05) is 6.07 Å². The molecule has 8 heteroatoms. The Balaban J connectivity index is -0.0000000337. The Bertz CT molecular complexity index is 185. The molecular weight excluding hydrogens is 308 g/mol. The van der Waals surface area contributed by atoms with Gasteiger partial charge in [-0.15, -0.1) is 0 Å². The maximum atomic E-state index is 8.58. The van der Waals surface area contributed by atoms with Crippen LogP contribution in [0.3, 0.4) is 0 Å². The second-order valence-electron chi connectivity index (χ2n) is 1.78. The van der Waals surface area contributed by atoms with Crippen LogP contribution in [0.5, 0.6) is 0 Å². The molecule has 0 aliphatic rings. The molecule has 15 heavy (non-hydrogen) atoms. The van der Waals surface area contributed by atoms with Crippen molar-refractivity contribution in [3.05, 3.63) is 35.9 Å². The minimum absolute atomic E-state index is 0. The van der Waals surface area contributed by atoms with Crippen LogP contribution in [0.25, 0.3) is 0 Å². The predicted molar refractivity (Wildman–Crippen MR) is 44.5 cm³/mol. The summed E-state index contributed by atoms with van der Waals surface area (Å²) in [5, 5.41) is 17.2. The van der Waals surface area contributed by atoms with Crippen LogP contribution in [0.2, 0.25) is 0 Å². The predicted octanol–water partition coefficient (Wildman–Crippen LogP) is -1.81. The number of hydrogen-bond acceptors (Lipinski definition) is 2. The van der Waals surface area contributed by atoms with Gasteiger partial charge in [-0.3, -0.25) is 0 Å². The molecule has 0 atom stereocenters. The van der Waals surface area contributed by atoms with Gasteiger partial charge < -0.3 is 26.6 Å². The van der Waals surface area contributed by atoms with Gasteiger partial charge in [0, 0.05) is 27.3 Å². The fourth-order valence-corrected chi connectivity index (χ4v) is 0.625. The molecule has 0 fully saturated rings. The molecule has 1 aromatic carbocycles. The molecule has 0 heterocycles. The molecule has 0 saturated heterocycles.